The van der Waals surface area contributed by atoms with Gasteiger partial charge in [-0.3, -0.25) is 9.20 Å². The lowest BCUT2D eigenvalue weighted by Gasteiger charge is -2.26. The maximum absolute atomic E-state index is 11.6. The monoisotopic (exact) mass is 419 g/mol. The molecule has 0 bridgehead atoms. The number of hydrogen-bond donors (Lipinski definition) is 0. The molecule has 2 aromatic heterocycles. The predicted octanol–water partition coefficient (Wildman–Crippen LogP) is 3.43. The SMILES string of the molecule is COC(=O)[C@H]1CC[C@H](c2nc(I)c3c(Cl)nccn32)CC1. The number of rotatable bonds is 2. The molecule has 21 heavy (non-hydrogen) atoms. The molecular formula is C14H15ClIN3O2. The summed E-state index contributed by atoms with van der Waals surface area (Å²) in [5.41, 5.74) is 0.866. The number of aromatic nitrogens is 3. The molecule has 5 nitrogen and oxygen atoms in total. The average molecular weight is 420 g/mol. The van der Waals surface area contributed by atoms with Crippen molar-refractivity contribution in [2.45, 2.75) is 31.6 Å². The minimum Gasteiger partial charge on any atom is -0.469 e. The van der Waals surface area contributed by atoms with Gasteiger partial charge in [0.25, 0.3) is 0 Å². The summed E-state index contributed by atoms with van der Waals surface area (Å²) in [4.78, 5) is 20.4. The van der Waals surface area contributed by atoms with E-state index in [9.17, 15) is 4.79 Å². The topological polar surface area (TPSA) is 56.5 Å². The highest BCUT2D eigenvalue weighted by atomic mass is 127. The molecule has 7 heteroatoms. The van der Waals surface area contributed by atoms with E-state index in [1.165, 1.54) is 7.11 Å². The van der Waals surface area contributed by atoms with Gasteiger partial charge in [-0.25, -0.2) is 9.97 Å². The number of imidazole rings is 1. The van der Waals surface area contributed by atoms with Gasteiger partial charge in [0.1, 0.15) is 15.0 Å². The summed E-state index contributed by atoms with van der Waals surface area (Å²) < 4.78 is 7.73. The summed E-state index contributed by atoms with van der Waals surface area (Å²) in [6.07, 6.45) is 7.17. The first-order valence-electron chi connectivity index (χ1n) is 6.87. The van der Waals surface area contributed by atoms with Crippen molar-refractivity contribution in [1.82, 2.24) is 14.4 Å². The van der Waals surface area contributed by atoms with Crippen LogP contribution in [0.5, 0.6) is 0 Å². The van der Waals surface area contributed by atoms with Crippen LogP contribution in [0.4, 0.5) is 0 Å². The molecule has 0 N–H and O–H groups in total. The molecule has 1 aliphatic rings. The molecule has 0 radical (unpaired) electrons. The van der Waals surface area contributed by atoms with Crippen molar-refractivity contribution in [3.63, 3.8) is 0 Å². The summed E-state index contributed by atoms with van der Waals surface area (Å²) in [7, 11) is 1.45. The number of ether oxygens (including phenoxy) is 1. The highest BCUT2D eigenvalue weighted by Crippen LogP contribution is 2.37. The van der Waals surface area contributed by atoms with E-state index in [0.29, 0.717) is 11.1 Å². The standard InChI is InChI=1S/C14H15ClIN3O2/c1-21-14(20)9-4-2-8(3-5-9)13-18-12(16)10-11(15)17-6-7-19(10)13/h6-9H,2-5H2,1H3/t8-,9-. The molecule has 3 rings (SSSR count). The van der Waals surface area contributed by atoms with Crippen LogP contribution in [-0.4, -0.2) is 27.4 Å². The molecule has 0 aromatic carbocycles. The van der Waals surface area contributed by atoms with E-state index in [-0.39, 0.29) is 11.9 Å². The summed E-state index contributed by atoms with van der Waals surface area (Å²) in [5.74, 6) is 1.30. The third kappa shape index (κ3) is 2.75. The van der Waals surface area contributed by atoms with Crippen molar-refractivity contribution < 1.29 is 9.53 Å². The summed E-state index contributed by atoms with van der Waals surface area (Å²) in [6.45, 7) is 0. The molecule has 0 spiro atoms. The van der Waals surface area contributed by atoms with Crippen molar-refractivity contribution in [2.75, 3.05) is 7.11 Å². The van der Waals surface area contributed by atoms with E-state index >= 15 is 0 Å². The summed E-state index contributed by atoms with van der Waals surface area (Å²) in [5, 5.41) is 0.476. The molecule has 1 aliphatic carbocycles. The van der Waals surface area contributed by atoms with Gasteiger partial charge in [0.05, 0.1) is 13.0 Å². The number of fused-ring (bicyclic) bond motifs is 1. The molecule has 0 unspecified atom stereocenters. The van der Waals surface area contributed by atoms with E-state index in [4.69, 9.17) is 16.3 Å². The van der Waals surface area contributed by atoms with Gasteiger partial charge in [0.15, 0.2) is 5.15 Å². The predicted molar refractivity (Wildman–Crippen MR) is 87.4 cm³/mol. The molecule has 0 amide bonds. The highest BCUT2D eigenvalue weighted by Gasteiger charge is 2.30. The van der Waals surface area contributed by atoms with Crippen molar-refractivity contribution in [2.24, 2.45) is 5.92 Å². The van der Waals surface area contributed by atoms with Gasteiger partial charge in [0, 0.05) is 18.3 Å². The third-order valence-electron chi connectivity index (χ3n) is 4.12. The normalized spacial score (nSPS) is 22.4. The maximum Gasteiger partial charge on any atom is 0.308 e. The van der Waals surface area contributed by atoms with Crippen LogP contribution in [0, 0.1) is 9.62 Å². The van der Waals surface area contributed by atoms with Crippen molar-refractivity contribution in [3.05, 3.63) is 27.1 Å². The number of esters is 1. The highest BCUT2D eigenvalue weighted by molar-refractivity contribution is 14.1. The largest absolute Gasteiger partial charge is 0.469 e. The van der Waals surface area contributed by atoms with Gasteiger partial charge in [-0.1, -0.05) is 11.6 Å². The van der Waals surface area contributed by atoms with E-state index in [2.05, 4.69) is 32.6 Å². The van der Waals surface area contributed by atoms with Crippen molar-refractivity contribution in [1.29, 1.82) is 0 Å². The fourth-order valence-corrected chi connectivity index (χ4v) is 4.18. The zero-order valence-corrected chi connectivity index (χ0v) is 14.5. The van der Waals surface area contributed by atoms with Gasteiger partial charge in [-0.05, 0) is 48.3 Å². The fraction of sp³-hybridized carbons (Fsp3) is 0.500. The number of nitrogens with zero attached hydrogens (tertiary/aromatic N) is 3. The van der Waals surface area contributed by atoms with Gasteiger partial charge >= 0.3 is 5.97 Å². The van der Waals surface area contributed by atoms with Crippen LogP contribution in [0.2, 0.25) is 5.15 Å². The number of hydrogen-bond acceptors (Lipinski definition) is 4. The minimum absolute atomic E-state index is 0.0294. The summed E-state index contributed by atoms with van der Waals surface area (Å²) in [6, 6.07) is 0. The smallest absolute Gasteiger partial charge is 0.308 e. The lowest BCUT2D eigenvalue weighted by atomic mass is 9.81. The zero-order valence-electron chi connectivity index (χ0n) is 11.6. The van der Waals surface area contributed by atoms with Crippen LogP contribution in [0.1, 0.15) is 37.4 Å². The molecule has 0 aliphatic heterocycles. The lowest BCUT2D eigenvalue weighted by molar-refractivity contribution is -0.146. The Balaban J connectivity index is 1.86. The van der Waals surface area contributed by atoms with Crippen LogP contribution in [0.25, 0.3) is 5.52 Å². The summed E-state index contributed by atoms with van der Waals surface area (Å²) >= 11 is 8.35. The Hall–Kier alpha value is -0.890. The molecule has 112 valence electrons. The zero-order chi connectivity index (χ0) is 15.0. The molecule has 2 heterocycles. The maximum atomic E-state index is 11.6. The Morgan fingerprint density at radius 3 is 2.81 bits per heavy atom. The van der Waals surface area contributed by atoms with Crippen LogP contribution >= 0.6 is 34.2 Å². The molecule has 0 saturated heterocycles. The van der Waals surface area contributed by atoms with Crippen LogP contribution in [0.15, 0.2) is 12.4 Å². The Labute approximate surface area is 141 Å². The first-order valence-corrected chi connectivity index (χ1v) is 8.33. The first kappa shape index (κ1) is 15.0. The molecule has 1 fully saturated rings. The van der Waals surface area contributed by atoms with E-state index < -0.39 is 0 Å². The number of halogens is 2. The second kappa shape index (κ2) is 6.08. The fourth-order valence-electron chi connectivity index (χ4n) is 3.03. The van der Waals surface area contributed by atoms with E-state index in [1.807, 2.05) is 10.6 Å². The molecule has 1 saturated carbocycles. The van der Waals surface area contributed by atoms with E-state index in [1.54, 1.807) is 6.20 Å². The Bertz CT molecular complexity index is 680. The first-order chi connectivity index (χ1) is 10.1. The van der Waals surface area contributed by atoms with Gasteiger partial charge in [0.2, 0.25) is 0 Å². The van der Waals surface area contributed by atoms with Crippen LogP contribution in [-0.2, 0) is 9.53 Å². The lowest BCUT2D eigenvalue weighted by Crippen LogP contribution is -2.23. The second-order valence-electron chi connectivity index (χ2n) is 5.27. The number of carbonyl (C=O) groups excluding carboxylic acids is 1. The number of carbonyl (C=O) groups is 1. The molecule has 2 aromatic rings. The van der Waals surface area contributed by atoms with Crippen molar-refractivity contribution in [3.8, 4) is 0 Å². The second-order valence-corrected chi connectivity index (χ2v) is 6.65. The Morgan fingerprint density at radius 1 is 1.43 bits per heavy atom. The van der Waals surface area contributed by atoms with Gasteiger partial charge < -0.3 is 4.74 Å². The third-order valence-corrected chi connectivity index (χ3v) is 5.15. The van der Waals surface area contributed by atoms with E-state index in [0.717, 1.165) is 40.7 Å². The molecule has 0 atom stereocenters. The molecular weight excluding hydrogens is 405 g/mol. The number of methoxy groups -OCH3 is 1. The van der Waals surface area contributed by atoms with Crippen molar-refractivity contribution >= 4 is 45.7 Å². The minimum atomic E-state index is -0.0942. The Morgan fingerprint density at radius 2 is 2.14 bits per heavy atom. The van der Waals surface area contributed by atoms with Gasteiger partial charge in [-0.15, -0.1) is 0 Å². The van der Waals surface area contributed by atoms with Crippen LogP contribution < -0.4 is 0 Å². The Kier molecular flexibility index (Phi) is 4.35. The quantitative estimate of drug-likeness (QED) is 0.553. The van der Waals surface area contributed by atoms with Gasteiger partial charge in [-0.2, -0.15) is 0 Å². The van der Waals surface area contributed by atoms with Crippen LogP contribution in [0.3, 0.4) is 0 Å². The average Bonchev–Trinajstić information content (AvgIpc) is 2.85.